The molecule has 0 fully saturated rings. The molecule has 0 aliphatic rings. The van der Waals surface area contributed by atoms with Gasteiger partial charge in [0.25, 0.3) is 5.91 Å². The fourth-order valence-electron chi connectivity index (χ4n) is 3.40. The SMILES string of the molecule is CN(C)CCN(C(=O)c1ccc(Cc2ccccc2)cc1)c1nc2c(F)cc(F)cc2s1. The lowest BCUT2D eigenvalue weighted by molar-refractivity contribution is 0.0985. The second-order valence-electron chi connectivity index (χ2n) is 7.85. The van der Waals surface area contributed by atoms with E-state index in [0.29, 0.717) is 28.5 Å². The standard InChI is InChI=1S/C25H23F2N3OS/c1-29(2)12-13-30(25-28-23-21(27)15-20(26)16-22(23)32-25)24(31)19-10-8-18(9-11-19)14-17-6-4-3-5-7-17/h3-11,15-16H,12-14H2,1-2H3. The molecule has 3 aromatic carbocycles. The number of hydrogen-bond acceptors (Lipinski definition) is 4. The third kappa shape index (κ3) is 5.00. The minimum atomic E-state index is -0.729. The van der Waals surface area contributed by atoms with Crippen molar-refractivity contribution >= 4 is 32.6 Å². The van der Waals surface area contributed by atoms with Crippen LogP contribution in [0.25, 0.3) is 10.2 Å². The molecular formula is C25H23F2N3OS. The molecule has 0 atom stereocenters. The van der Waals surface area contributed by atoms with Crippen molar-refractivity contribution in [3.63, 3.8) is 0 Å². The van der Waals surface area contributed by atoms with Gasteiger partial charge in [-0.1, -0.05) is 53.8 Å². The normalized spacial score (nSPS) is 11.3. The van der Waals surface area contributed by atoms with E-state index in [2.05, 4.69) is 17.1 Å². The van der Waals surface area contributed by atoms with Gasteiger partial charge in [-0.25, -0.2) is 13.8 Å². The van der Waals surface area contributed by atoms with Crippen molar-refractivity contribution in [3.05, 3.63) is 95.1 Å². The summed E-state index contributed by atoms with van der Waals surface area (Å²) in [6.45, 7) is 0.978. The number of hydrogen-bond donors (Lipinski definition) is 0. The zero-order valence-electron chi connectivity index (χ0n) is 17.9. The maximum Gasteiger partial charge on any atom is 0.260 e. The van der Waals surface area contributed by atoms with E-state index in [-0.39, 0.29) is 11.4 Å². The number of thiazole rings is 1. The fourth-order valence-corrected chi connectivity index (χ4v) is 4.43. The summed E-state index contributed by atoms with van der Waals surface area (Å²) >= 11 is 1.11. The lowest BCUT2D eigenvalue weighted by Gasteiger charge is -2.22. The Balaban J connectivity index is 1.61. The molecule has 0 bridgehead atoms. The molecule has 4 aromatic rings. The van der Waals surface area contributed by atoms with Gasteiger partial charge in [-0.05, 0) is 49.8 Å². The van der Waals surface area contributed by atoms with Gasteiger partial charge in [-0.15, -0.1) is 0 Å². The van der Waals surface area contributed by atoms with Crippen LogP contribution in [0, 0.1) is 11.6 Å². The number of fused-ring (bicyclic) bond motifs is 1. The predicted molar refractivity (Wildman–Crippen MR) is 125 cm³/mol. The molecule has 4 nitrogen and oxygen atoms in total. The number of benzene rings is 3. The second-order valence-corrected chi connectivity index (χ2v) is 8.86. The van der Waals surface area contributed by atoms with Crippen LogP contribution in [-0.2, 0) is 6.42 Å². The number of aromatic nitrogens is 1. The molecule has 0 N–H and O–H groups in total. The van der Waals surface area contributed by atoms with Crippen molar-refractivity contribution in [3.8, 4) is 0 Å². The number of amides is 1. The lowest BCUT2D eigenvalue weighted by atomic mass is 10.0. The molecule has 0 unspecified atom stereocenters. The maximum atomic E-state index is 14.2. The van der Waals surface area contributed by atoms with Gasteiger partial charge in [0, 0.05) is 24.7 Å². The van der Waals surface area contributed by atoms with Gasteiger partial charge in [0.15, 0.2) is 10.9 Å². The number of rotatable bonds is 7. The first-order chi connectivity index (χ1) is 15.4. The number of carbonyl (C=O) groups is 1. The highest BCUT2D eigenvalue weighted by Gasteiger charge is 2.22. The Kier molecular flexibility index (Phi) is 6.58. The van der Waals surface area contributed by atoms with Crippen molar-refractivity contribution in [1.29, 1.82) is 0 Å². The summed E-state index contributed by atoms with van der Waals surface area (Å²) in [5.41, 5.74) is 2.90. The van der Waals surface area contributed by atoms with E-state index in [1.54, 1.807) is 12.1 Å². The smallest absolute Gasteiger partial charge is 0.260 e. The van der Waals surface area contributed by atoms with Crippen LogP contribution in [0.3, 0.4) is 0 Å². The van der Waals surface area contributed by atoms with E-state index in [1.807, 2.05) is 49.3 Å². The van der Waals surface area contributed by atoms with Gasteiger partial charge in [0.2, 0.25) is 0 Å². The number of halogens is 2. The van der Waals surface area contributed by atoms with E-state index in [1.165, 1.54) is 16.5 Å². The molecule has 164 valence electrons. The van der Waals surface area contributed by atoms with Gasteiger partial charge < -0.3 is 4.90 Å². The highest BCUT2D eigenvalue weighted by Crippen LogP contribution is 2.32. The molecule has 1 aromatic heterocycles. The summed E-state index contributed by atoms with van der Waals surface area (Å²) in [6, 6.07) is 19.7. The molecular weight excluding hydrogens is 428 g/mol. The number of nitrogens with zero attached hydrogens (tertiary/aromatic N) is 3. The van der Waals surface area contributed by atoms with Crippen LogP contribution in [0.5, 0.6) is 0 Å². The fraction of sp³-hybridized carbons (Fsp3) is 0.200. The molecule has 0 aliphatic heterocycles. The van der Waals surface area contributed by atoms with Gasteiger partial charge in [-0.3, -0.25) is 9.69 Å². The Hall–Kier alpha value is -3.16. The molecule has 0 spiro atoms. The highest BCUT2D eigenvalue weighted by molar-refractivity contribution is 7.22. The summed E-state index contributed by atoms with van der Waals surface area (Å²) in [4.78, 5) is 21.2. The van der Waals surface area contributed by atoms with E-state index in [0.717, 1.165) is 29.4 Å². The van der Waals surface area contributed by atoms with Gasteiger partial charge >= 0.3 is 0 Å². The van der Waals surface area contributed by atoms with Crippen molar-refractivity contribution < 1.29 is 13.6 Å². The first-order valence-corrected chi connectivity index (χ1v) is 11.1. The zero-order valence-corrected chi connectivity index (χ0v) is 18.7. The van der Waals surface area contributed by atoms with Crippen LogP contribution in [-0.4, -0.2) is 43.0 Å². The molecule has 32 heavy (non-hydrogen) atoms. The van der Waals surface area contributed by atoms with Crippen LogP contribution >= 0.6 is 11.3 Å². The Labute approximate surface area is 189 Å². The van der Waals surface area contributed by atoms with Crippen LogP contribution in [0.4, 0.5) is 13.9 Å². The monoisotopic (exact) mass is 451 g/mol. The average molecular weight is 452 g/mol. The summed E-state index contributed by atoms with van der Waals surface area (Å²) in [5.74, 6) is -1.61. The predicted octanol–water partition coefficient (Wildman–Crippen LogP) is 5.37. The van der Waals surface area contributed by atoms with Gasteiger partial charge in [0.1, 0.15) is 11.3 Å². The first kappa shape index (κ1) is 22.0. The van der Waals surface area contributed by atoms with Gasteiger partial charge in [0.05, 0.1) is 4.70 Å². The Morgan fingerprint density at radius 3 is 2.31 bits per heavy atom. The van der Waals surface area contributed by atoms with E-state index in [4.69, 9.17) is 0 Å². The van der Waals surface area contributed by atoms with Crippen molar-refractivity contribution in [2.75, 3.05) is 32.1 Å². The highest BCUT2D eigenvalue weighted by atomic mass is 32.1. The Morgan fingerprint density at radius 1 is 0.938 bits per heavy atom. The third-order valence-corrected chi connectivity index (χ3v) is 6.13. The summed E-state index contributed by atoms with van der Waals surface area (Å²) < 4.78 is 28.2. The van der Waals surface area contributed by atoms with E-state index in [9.17, 15) is 13.6 Å². The average Bonchev–Trinajstić information content (AvgIpc) is 3.19. The molecule has 1 heterocycles. The minimum Gasteiger partial charge on any atom is -0.308 e. The summed E-state index contributed by atoms with van der Waals surface area (Å²) in [5, 5.41) is 0.352. The molecule has 4 rings (SSSR count). The van der Waals surface area contributed by atoms with Gasteiger partial charge in [-0.2, -0.15) is 0 Å². The molecule has 1 amide bonds. The van der Waals surface area contributed by atoms with Crippen LogP contribution in [0.2, 0.25) is 0 Å². The van der Waals surface area contributed by atoms with E-state index >= 15 is 0 Å². The molecule has 0 saturated heterocycles. The largest absolute Gasteiger partial charge is 0.308 e. The van der Waals surface area contributed by atoms with Crippen LogP contribution in [0.1, 0.15) is 21.5 Å². The summed E-state index contributed by atoms with van der Waals surface area (Å²) in [6.07, 6.45) is 0.780. The topological polar surface area (TPSA) is 36.4 Å². The first-order valence-electron chi connectivity index (χ1n) is 10.3. The molecule has 0 aliphatic carbocycles. The lowest BCUT2D eigenvalue weighted by Crippen LogP contribution is -2.36. The third-order valence-electron chi connectivity index (χ3n) is 5.10. The Morgan fingerprint density at radius 2 is 1.62 bits per heavy atom. The van der Waals surface area contributed by atoms with Crippen molar-refractivity contribution in [2.24, 2.45) is 0 Å². The van der Waals surface area contributed by atoms with Crippen molar-refractivity contribution in [1.82, 2.24) is 9.88 Å². The number of carbonyl (C=O) groups excluding carboxylic acids is 1. The molecule has 7 heteroatoms. The minimum absolute atomic E-state index is 0.0762. The number of anilines is 1. The Bertz CT molecular complexity index is 1220. The molecule has 0 radical (unpaired) electrons. The summed E-state index contributed by atoms with van der Waals surface area (Å²) in [7, 11) is 3.82. The second kappa shape index (κ2) is 9.54. The van der Waals surface area contributed by atoms with E-state index < -0.39 is 11.6 Å². The zero-order chi connectivity index (χ0) is 22.7. The number of likely N-dealkylation sites (N-methyl/N-ethyl adjacent to an activating group) is 1. The molecule has 0 saturated carbocycles. The quantitative estimate of drug-likeness (QED) is 0.379. The van der Waals surface area contributed by atoms with Crippen LogP contribution < -0.4 is 4.90 Å². The maximum absolute atomic E-state index is 14.2. The van der Waals surface area contributed by atoms with Crippen LogP contribution in [0.15, 0.2) is 66.7 Å². The van der Waals surface area contributed by atoms with Crippen molar-refractivity contribution in [2.45, 2.75) is 6.42 Å².